The van der Waals surface area contributed by atoms with Crippen molar-refractivity contribution in [1.29, 1.82) is 0 Å². The van der Waals surface area contributed by atoms with Crippen LogP contribution in [0, 0.1) is 6.92 Å². The van der Waals surface area contributed by atoms with Gasteiger partial charge in [-0.05, 0) is 42.2 Å². The van der Waals surface area contributed by atoms with Crippen molar-refractivity contribution in [3.63, 3.8) is 0 Å². The summed E-state index contributed by atoms with van der Waals surface area (Å²) >= 11 is 5.86. The van der Waals surface area contributed by atoms with E-state index in [1.807, 2.05) is 43.3 Å². The fourth-order valence-electron chi connectivity index (χ4n) is 2.55. The van der Waals surface area contributed by atoms with Gasteiger partial charge < -0.3 is 10.4 Å². The van der Waals surface area contributed by atoms with Gasteiger partial charge in [-0.3, -0.25) is 9.59 Å². The van der Waals surface area contributed by atoms with Gasteiger partial charge in [-0.1, -0.05) is 48.0 Å². The molecule has 2 N–H and O–H groups in total. The molecule has 24 heavy (non-hydrogen) atoms. The van der Waals surface area contributed by atoms with E-state index in [0.717, 1.165) is 16.7 Å². The molecule has 0 fully saturated rings. The molecule has 0 aliphatic carbocycles. The standard InChI is InChI=1S/C19H20ClNO3/c1-13-4-2-3-5-15(13)11-18(22)21-17(12-19(23)24)10-14-6-8-16(20)9-7-14/h2-9,17H,10-12H2,1H3,(H,21,22)(H,23,24). The third-order valence-corrected chi connectivity index (χ3v) is 4.05. The second-order valence-electron chi connectivity index (χ2n) is 5.80. The fraction of sp³-hybridized carbons (Fsp3) is 0.263. The summed E-state index contributed by atoms with van der Waals surface area (Å²) in [5, 5.41) is 12.5. The van der Waals surface area contributed by atoms with Crippen LogP contribution >= 0.6 is 11.6 Å². The van der Waals surface area contributed by atoms with E-state index in [2.05, 4.69) is 5.32 Å². The van der Waals surface area contributed by atoms with Crippen molar-refractivity contribution in [3.05, 3.63) is 70.2 Å². The maximum absolute atomic E-state index is 12.3. The number of hydrogen-bond acceptors (Lipinski definition) is 2. The van der Waals surface area contributed by atoms with E-state index in [1.165, 1.54) is 0 Å². The Morgan fingerprint density at radius 2 is 1.79 bits per heavy atom. The molecule has 0 radical (unpaired) electrons. The van der Waals surface area contributed by atoms with E-state index in [4.69, 9.17) is 16.7 Å². The number of carbonyl (C=O) groups is 2. The minimum Gasteiger partial charge on any atom is -0.481 e. The minimum atomic E-state index is -0.940. The van der Waals surface area contributed by atoms with Crippen molar-refractivity contribution >= 4 is 23.5 Å². The summed E-state index contributed by atoms with van der Waals surface area (Å²) in [6.45, 7) is 1.95. The lowest BCUT2D eigenvalue weighted by atomic mass is 10.0. The zero-order valence-corrected chi connectivity index (χ0v) is 14.2. The summed E-state index contributed by atoms with van der Waals surface area (Å²) < 4.78 is 0. The summed E-state index contributed by atoms with van der Waals surface area (Å²) in [5.41, 5.74) is 2.91. The number of carbonyl (C=O) groups excluding carboxylic acids is 1. The van der Waals surface area contributed by atoms with E-state index in [1.54, 1.807) is 12.1 Å². The SMILES string of the molecule is Cc1ccccc1CC(=O)NC(CC(=O)O)Cc1ccc(Cl)cc1. The zero-order valence-electron chi connectivity index (χ0n) is 13.5. The van der Waals surface area contributed by atoms with Crippen molar-refractivity contribution in [1.82, 2.24) is 5.32 Å². The van der Waals surface area contributed by atoms with E-state index in [0.29, 0.717) is 11.4 Å². The molecule has 0 aromatic heterocycles. The molecule has 4 nitrogen and oxygen atoms in total. The molecule has 1 atom stereocenters. The van der Waals surface area contributed by atoms with Crippen LogP contribution in [0.3, 0.4) is 0 Å². The highest BCUT2D eigenvalue weighted by Crippen LogP contribution is 2.13. The van der Waals surface area contributed by atoms with Crippen LogP contribution in [0.25, 0.3) is 0 Å². The highest BCUT2D eigenvalue weighted by molar-refractivity contribution is 6.30. The minimum absolute atomic E-state index is 0.123. The molecule has 0 saturated carbocycles. The van der Waals surface area contributed by atoms with Crippen LogP contribution in [-0.4, -0.2) is 23.0 Å². The Bertz CT molecular complexity index is 713. The van der Waals surface area contributed by atoms with Gasteiger partial charge in [0.05, 0.1) is 12.8 Å². The van der Waals surface area contributed by atoms with E-state index >= 15 is 0 Å². The van der Waals surface area contributed by atoms with Gasteiger partial charge in [-0.15, -0.1) is 0 Å². The lowest BCUT2D eigenvalue weighted by Gasteiger charge is -2.17. The quantitative estimate of drug-likeness (QED) is 0.808. The molecule has 5 heteroatoms. The summed E-state index contributed by atoms with van der Waals surface area (Å²) in [7, 11) is 0. The summed E-state index contributed by atoms with van der Waals surface area (Å²) in [6, 6.07) is 14.4. The number of carboxylic acids is 1. The van der Waals surface area contributed by atoms with Crippen LogP contribution in [0.2, 0.25) is 5.02 Å². The Morgan fingerprint density at radius 3 is 2.42 bits per heavy atom. The molecular formula is C19H20ClNO3. The van der Waals surface area contributed by atoms with Gasteiger partial charge in [0.25, 0.3) is 0 Å². The molecular weight excluding hydrogens is 326 g/mol. The van der Waals surface area contributed by atoms with Crippen molar-refractivity contribution in [3.8, 4) is 0 Å². The first-order chi connectivity index (χ1) is 11.4. The average molecular weight is 346 g/mol. The fourth-order valence-corrected chi connectivity index (χ4v) is 2.68. The van der Waals surface area contributed by atoms with Gasteiger partial charge in [0.1, 0.15) is 0 Å². The Kier molecular flexibility index (Phi) is 6.38. The van der Waals surface area contributed by atoms with E-state index in [9.17, 15) is 9.59 Å². The second kappa shape index (κ2) is 8.50. The van der Waals surface area contributed by atoms with Gasteiger partial charge in [0.15, 0.2) is 0 Å². The van der Waals surface area contributed by atoms with E-state index < -0.39 is 12.0 Å². The molecule has 2 aromatic carbocycles. The Balaban J connectivity index is 2.02. The molecule has 126 valence electrons. The first-order valence-corrected chi connectivity index (χ1v) is 8.12. The largest absolute Gasteiger partial charge is 0.481 e. The van der Waals surface area contributed by atoms with Crippen LogP contribution in [0.5, 0.6) is 0 Å². The lowest BCUT2D eigenvalue weighted by Crippen LogP contribution is -2.39. The number of aliphatic carboxylic acids is 1. The first-order valence-electron chi connectivity index (χ1n) is 7.74. The van der Waals surface area contributed by atoms with Crippen LogP contribution in [0.4, 0.5) is 0 Å². The van der Waals surface area contributed by atoms with Gasteiger partial charge in [0.2, 0.25) is 5.91 Å². The predicted molar refractivity (Wildman–Crippen MR) is 94.2 cm³/mol. The van der Waals surface area contributed by atoms with Crippen molar-refractivity contribution < 1.29 is 14.7 Å². The number of hydrogen-bond donors (Lipinski definition) is 2. The maximum atomic E-state index is 12.3. The third kappa shape index (κ3) is 5.70. The molecule has 1 unspecified atom stereocenters. The number of halogens is 1. The van der Waals surface area contributed by atoms with Gasteiger partial charge in [-0.2, -0.15) is 0 Å². The summed E-state index contributed by atoms with van der Waals surface area (Å²) in [5.74, 6) is -1.12. The molecule has 2 aromatic rings. The monoisotopic (exact) mass is 345 g/mol. The Labute approximate surface area is 146 Å². The van der Waals surface area contributed by atoms with E-state index in [-0.39, 0.29) is 18.7 Å². The molecule has 0 spiro atoms. The normalized spacial score (nSPS) is 11.8. The molecule has 1 amide bonds. The first kappa shape index (κ1) is 18.0. The average Bonchev–Trinajstić information content (AvgIpc) is 2.51. The molecule has 0 heterocycles. The van der Waals surface area contributed by atoms with Gasteiger partial charge >= 0.3 is 5.97 Å². The second-order valence-corrected chi connectivity index (χ2v) is 6.23. The number of aryl methyl sites for hydroxylation is 1. The van der Waals surface area contributed by atoms with Crippen LogP contribution < -0.4 is 5.32 Å². The molecule has 2 rings (SSSR count). The number of amides is 1. The molecule has 0 bridgehead atoms. The zero-order chi connectivity index (χ0) is 17.5. The Morgan fingerprint density at radius 1 is 1.12 bits per heavy atom. The number of rotatable bonds is 7. The van der Waals surface area contributed by atoms with Gasteiger partial charge in [0, 0.05) is 11.1 Å². The Hall–Kier alpha value is -2.33. The lowest BCUT2D eigenvalue weighted by molar-refractivity contribution is -0.137. The molecule has 0 saturated heterocycles. The third-order valence-electron chi connectivity index (χ3n) is 3.79. The van der Waals surface area contributed by atoms with Crippen LogP contribution in [0.15, 0.2) is 48.5 Å². The van der Waals surface area contributed by atoms with Crippen molar-refractivity contribution in [2.75, 3.05) is 0 Å². The smallest absolute Gasteiger partial charge is 0.305 e. The number of carboxylic acid groups (broad SMARTS) is 1. The highest BCUT2D eigenvalue weighted by atomic mass is 35.5. The van der Waals surface area contributed by atoms with Crippen LogP contribution in [-0.2, 0) is 22.4 Å². The predicted octanol–water partition coefficient (Wildman–Crippen LogP) is 3.39. The summed E-state index contributed by atoms with van der Waals surface area (Å²) in [6.07, 6.45) is 0.564. The molecule has 0 aliphatic rings. The highest BCUT2D eigenvalue weighted by Gasteiger charge is 2.17. The topological polar surface area (TPSA) is 66.4 Å². The van der Waals surface area contributed by atoms with Crippen molar-refractivity contribution in [2.45, 2.75) is 32.2 Å². The van der Waals surface area contributed by atoms with Crippen LogP contribution in [0.1, 0.15) is 23.1 Å². The number of nitrogens with one attached hydrogen (secondary N) is 1. The number of benzene rings is 2. The van der Waals surface area contributed by atoms with Gasteiger partial charge in [-0.25, -0.2) is 0 Å². The molecule has 0 aliphatic heterocycles. The van der Waals surface area contributed by atoms with Crippen molar-refractivity contribution in [2.24, 2.45) is 0 Å². The summed E-state index contributed by atoms with van der Waals surface area (Å²) in [4.78, 5) is 23.4. The maximum Gasteiger partial charge on any atom is 0.305 e.